The number of sulfone groups is 1. The predicted molar refractivity (Wildman–Crippen MR) is 124 cm³/mol. The number of ether oxygens (including phenoxy) is 3. The summed E-state index contributed by atoms with van der Waals surface area (Å²) in [5, 5.41) is 7.24. The molecular formula is C22H28N4O7S. The molecule has 2 unspecified atom stereocenters. The van der Waals surface area contributed by atoms with Crippen LogP contribution in [0.4, 0.5) is 11.5 Å². The fourth-order valence-electron chi connectivity index (χ4n) is 4.44. The molecule has 0 aliphatic carbocycles. The number of nitrogens with one attached hydrogen (secondary N) is 1. The van der Waals surface area contributed by atoms with Crippen molar-refractivity contribution in [2.45, 2.75) is 25.8 Å². The number of nitrogens with zero attached hydrogens (tertiary/aromatic N) is 3. The van der Waals surface area contributed by atoms with E-state index in [1.165, 1.54) is 26.2 Å². The van der Waals surface area contributed by atoms with Crippen molar-refractivity contribution in [1.29, 1.82) is 0 Å². The summed E-state index contributed by atoms with van der Waals surface area (Å²) in [7, 11) is 1.36. The lowest BCUT2D eigenvalue weighted by Crippen LogP contribution is -2.29. The first-order valence-corrected chi connectivity index (χ1v) is 12.7. The molecule has 1 N–H and O–H groups in total. The molecule has 0 radical (unpaired) electrons. The van der Waals surface area contributed by atoms with Crippen molar-refractivity contribution in [1.82, 2.24) is 9.78 Å². The third-order valence-corrected chi connectivity index (χ3v) is 7.87. The van der Waals surface area contributed by atoms with Gasteiger partial charge < -0.3 is 24.4 Å². The Bertz CT molecular complexity index is 1200. The number of methoxy groups -OCH3 is 3. The number of carbonyl (C=O) groups is 2. The van der Waals surface area contributed by atoms with Gasteiger partial charge in [-0.1, -0.05) is 0 Å². The number of aromatic nitrogens is 2. The lowest BCUT2D eigenvalue weighted by molar-refractivity contribution is -0.122. The van der Waals surface area contributed by atoms with Crippen molar-refractivity contribution in [3.63, 3.8) is 0 Å². The maximum absolute atomic E-state index is 13.1. The molecule has 0 saturated carbocycles. The molecular weight excluding hydrogens is 464 g/mol. The number of benzene rings is 1. The number of hydrogen-bond acceptors (Lipinski definition) is 8. The Morgan fingerprint density at radius 2 is 1.79 bits per heavy atom. The zero-order chi connectivity index (χ0) is 24.6. The first-order chi connectivity index (χ1) is 16.2. The van der Waals surface area contributed by atoms with Crippen molar-refractivity contribution in [3.05, 3.63) is 23.9 Å². The van der Waals surface area contributed by atoms with Gasteiger partial charge in [-0.05, 0) is 13.3 Å². The minimum Gasteiger partial charge on any atom is -0.493 e. The highest BCUT2D eigenvalue weighted by atomic mass is 32.2. The first kappa shape index (κ1) is 23.9. The second-order valence-corrected chi connectivity index (χ2v) is 10.7. The van der Waals surface area contributed by atoms with Gasteiger partial charge in [-0.2, -0.15) is 5.10 Å². The summed E-state index contributed by atoms with van der Waals surface area (Å²) in [6, 6.07) is 4.71. The number of aryl methyl sites for hydroxylation is 1. The van der Waals surface area contributed by atoms with Gasteiger partial charge in [-0.15, -0.1) is 0 Å². The Kier molecular flexibility index (Phi) is 6.43. The Morgan fingerprint density at radius 3 is 2.35 bits per heavy atom. The fraction of sp³-hybridized carbons (Fsp3) is 0.500. The van der Waals surface area contributed by atoms with Crippen LogP contribution in [-0.4, -0.2) is 69.4 Å². The number of hydrogen-bond donors (Lipinski definition) is 1. The molecule has 34 heavy (non-hydrogen) atoms. The Morgan fingerprint density at radius 1 is 1.12 bits per heavy atom. The van der Waals surface area contributed by atoms with E-state index in [0.717, 1.165) is 0 Å². The quantitative estimate of drug-likeness (QED) is 0.617. The summed E-state index contributed by atoms with van der Waals surface area (Å²) < 4.78 is 41.5. The molecule has 0 bridgehead atoms. The standard InChI is InChI=1S/C22H28N4O7S/c1-13-7-19(26(24-13)15-5-6-34(29,30)12-15)23-22(28)14-8-20(27)25(11-14)16-9-17(31-2)21(33-4)18(10-16)32-3/h7,9-10,14-15H,5-6,8,11-12H2,1-4H3,(H,23,28). The van der Waals surface area contributed by atoms with Gasteiger partial charge >= 0.3 is 0 Å². The van der Waals surface area contributed by atoms with E-state index in [2.05, 4.69) is 10.4 Å². The largest absolute Gasteiger partial charge is 0.493 e. The zero-order valence-electron chi connectivity index (χ0n) is 19.5. The molecule has 1 aromatic heterocycles. The molecule has 4 rings (SSSR count). The van der Waals surface area contributed by atoms with Crippen LogP contribution in [0.25, 0.3) is 0 Å². The van der Waals surface area contributed by atoms with E-state index in [0.29, 0.717) is 40.9 Å². The molecule has 2 amide bonds. The minimum atomic E-state index is -3.11. The van der Waals surface area contributed by atoms with Crippen LogP contribution in [0.1, 0.15) is 24.6 Å². The van der Waals surface area contributed by atoms with Crippen molar-refractivity contribution < 1.29 is 32.2 Å². The van der Waals surface area contributed by atoms with Gasteiger partial charge in [0, 0.05) is 31.2 Å². The van der Waals surface area contributed by atoms with E-state index in [-0.39, 0.29) is 42.3 Å². The maximum atomic E-state index is 13.1. The fourth-order valence-corrected chi connectivity index (χ4v) is 6.13. The average molecular weight is 493 g/mol. The van der Waals surface area contributed by atoms with E-state index in [4.69, 9.17) is 14.2 Å². The molecule has 2 aromatic rings. The van der Waals surface area contributed by atoms with Crippen molar-refractivity contribution in [2.75, 3.05) is 49.6 Å². The molecule has 184 valence electrons. The van der Waals surface area contributed by atoms with Crippen LogP contribution in [0, 0.1) is 12.8 Å². The molecule has 0 spiro atoms. The van der Waals surface area contributed by atoms with Gasteiger partial charge in [0.05, 0.1) is 56.2 Å². The third kappa shape index (κ3) is 4.54. The maximum Gasteiger partial charge on any atom is 0.230 e. The lowest BCUT2D eigenvalue weighted by atomic mass is 10.1. The second-order valence-electron chi connectivity index (χ2n) is 8.45. The SMILES string of the molecule is COc1cc(N2CC(C(=O)Nc3cc(C)nn3C3CCS(=O)(=O)C3)CC2=O)cc(OC)c1OC. The highest BCUT2D eigenvalue weighted by Gasteiger charge is 2.37. The number of carbonyl (C=O) groups excluding carboxylic acids is 2. The second kappa shape index (κ2) is 9.16. The van der Waals surface area contributed by atoms with Gasteiger partial charge in [-0.25, -0.2) is 13.1 Å². The molecule has 2 aliphatic heterocycles. The predicted octanol–water partition coefficient (Wildman–Crippen LogP) is 1.57. The van der Waals surface area contributed by atoms with Crippen molar-refractivity contribution in [3.8, 4) is 17.2 Å². The van der Waals surface area contributed by atoms with E-state index in [1.807, 2.05) is 0 Å². The van der Waals surface area contributed by atoms with Gasteiger partial charge in [0.25, 0.3) is 0 Å². The molecule has 2 fully saturated rings. The normalized spacial score (nSPS) is 21.5. The van der Waals surface area contributed by atoms with E-state index in [1.54, 1.807) is 29.8 Å². The van der Waals surface area contributed by atoms with Gasteiger partial charge in [0.2, 0.25) is 17.6 Å². The highest BCUT2D eigenvalue weighted by molar-refractivity contribution is 7.91. The molecule has 1 aromatic carbocycles. The smallest absolute Gasteiger partial charge is 0.230 e. The summed E-state index contributed by atoms with van der Waals surface area (Å²) in [6.45, 7) is 1.95. The van der Waals surface area contributed by atoms with Crippen LogP contribution in [0.3, 0.4) is 0 Å². The van der Waals surface area contributed by atoms with Gasteiger partial charge in [0.1, 0.15) is 5.82 Å². The summed E-state index contributed by atoms with van der Waals surface area (Å²) in [4.78, 5) is 27.4. The van der Waals surface area contributed by atoms with Crippen LogP contribution < -0.4 is 24.4 Å². The van der Waals surface area contributed by atoms with E-state index < -0.39 is 15.8 Å². The molecule has 2 aliphatic rings. The zero-order valence-corrected chi connectivity index (χ0v) is 20.3. The topological polar surface area (TPSA) is 129 Å². The van der Waals surface area contributed by atoms with E-state index in [9.17, 15) is 18.0 Å². The van der Waals surface area contributed by atoms with Crippen LogP contribution >= 0.6 is 0 Å². The van der Waals surface area contributed by atoms with E-state index >= 15 is 0 Å². The minimum absolute atomic E-state index is 0.00613. The first-order valence-electron chi connectivity index (χ1n) is 10.8. The summed E-state index contributed by atoms with van der Waals surface area (Å²) in [5.41, 5.74) is 1.20. The van der Waals surface area contributed by atoms with Gasteiger partial charge in [0.15, 0.2) is 21.3 Å². The molecule has 3 heterocycles. The lowest BCUT2D eigenvalue weighted by Gasteiger charge is -2.20. The Hall–Kier alpha value is -3.28. The van der Waals surface area contributed by atoms with Crippen LogP contribution in [0.5, 0.6) is 17.2 Å². The monoisotopic (exact) mass is 492 g/mol. The van der Waals surface area contributed by atoms with Crippen LogP contribution in [0.2, 0.25) is 0 Å². The van der Waals surface area contributed by atoms with Gasteiger partial charge in [-0.3, -0.25) is 9.59 Å². The Balaban J connectivity index is 1.52. The van der Waals surface area contributed by atoms with Crippen LogP contribution in [0.15, 0.2) is 18.2 Å². The Labute approximate surface area is 197 Å². The summed E-state index contributed by atoms with van der Waals surface area (Å²) >= 11 is 0. The number of rotatable bonds is 7. The van der Waals surface area contributed by atoms with Crippen molar-refractivity contribution >= 4 is 33.2 Å². The number of amides is 2. The molecule has 2 atom stereocenters. The van der Waals surface area contributed by atoms with Crippen LogP contribution in [-0.2, 0) is 19.4 Å². The molecule has 11 nitrogen and oxygen atoms in total. The summed E-state index contributed by atoms with van der Waals surface area (Å²) in [5.74, 6) is 0.620. The molecule has 12 heteroatoms. The summed E-state index contributed by atoms with van der Waals surface area (Å²) in [6.07, 6.45) is 0.483. The average Bonchev–Trinajstić information content (AvgIpc) is 3.48. The highest BCUT2D eigenvalue weighted by Crippen LogP contribution is 2.42. The van der Waals surface area contributed by atoms with Crippen molar-refractivity contribution in [2.24, 2.45) is 5.92 Å². The number of anilines is 2. The third-order valence-electron chi connectivity index (χ3n) is 6.12. The molecule has 2 saturated heterocycles.